The number of anilines is 1. The van der Waals surface area contributed by atoms with Crippen LogP contribution in [0.25, 0.3) is 33.5 Å². The number of nitrogen functional groups attached to an aromatic ring is 1. The van der Waals surface area contributed by atoms with Crippen LogP contribution in [0.5, 0.6) is 11.5 Å². The standard InChI is InChI=1S/C38H38N4O5/c1-24-4-7-27(8-5-24)31-22-42(21-25-12-14-47-15-13-25)23-32(37(31)44)34(43)16-26-6-10-33(40-19-26)30-17-29(20-41-38(30)39)28-9-11-35(45-2)36(18-28)46-3/h4-11,17-20,22-23,25H,12-16,21H2,1-3H3,(H2,39,41). The Morgan fingerprint density at radius 3 is 2.32 bits per heavy atom. The van der Waals surface area contributed by atoms with Gasteiger partial charge in [0.15, 0.2) is 22.7 Å². The number of aromatic nitrogens is 3. The smallest absolute Gasteiger partial charge is 0.200 e. The maximum Gasteiger partial charge on any atom is 0.200 e. The van der Waals surface area contributed by atoms with E-state index in [0.29, 0.717) is 45.6 Å². The first kappa shape index (κ1) is 31.7. The average molecular weight is 631 g/mol. The molecule has 1 aliphatic heterocycles. The van der Waals surface area contributed by atoms with Gasteiger partial charge in [-0.3, -0.25) is 14.6 Å². The molecule has 240 valence electrons. The molecule has 0 saturated carbocycles. The van der Waals surface area contributed by atoms with Gasteiger partial charge in [-0.05, 0) is 66.6 Å². The van der Waals surface area contributed by atoms with Gasteiger partial charge in [-0.1, -0.05) is 42.0 Å². The Labute approximate surface area is 274 Å². The first-order valence-electron chi connectivity index (χ1n) is 15.7. The van der Waals surface area contributed by atoms with Crippen LogP contribution in [0.3, 0.4) is 0 Å². The van der Waals surface area contributed by atoms with Crippen LogP contribution in [0.15, 0.2) is 90.2 Å². The van der Waals surface area contributed by atoms with Gasteiger partial charge in [0.25, 0.3) is 0 Å². The normalized spacial score (nSPS) is 13.3. The molecule has 0 unspecified atom stereocenters. The molecule has 2 N–H and O–H groups in total. The van der Waals surface area contributed by atoms with Gasteiger partial charge in [0, 0.05) is 67.7 Å². The number of Topliss-reactive ketones (excluding diaryl/α,β-unsaturated/α-hetero) is 1. The zero-order valence-corrected chi connectivity index (χ0v) is 26.9. The summed E-state index contributed by atoms with van der Waals surface area (Å²) in [7, 11) is 3.18. The van der Waals surface area contributed by atoms with Gasteiger partial charge in [-0.25, -0.2) is 4.98 Å². The number of hydrogen-bond acceptors (Lipinski definition) is 8. The fourth-order valence-corrected chi connectivity index (χ4v) is 5.92. The van der Waals surface area contributed by atoms with Gasteiger partial charge in [-0.15, -0.1) is 0 Å². The second-order valence-electron chi connectivity index (χ2n) is 11.9. The Balaban J connectivity index is 1.26. The van der Waals surface area contributed by atoms with Crippen molar-refractivity contribution in [3.63, 3.8) is 0 Å². The van der Waals surface area contributed by atoms with Crippen LogP contribution < -0.4 is 20.6 Å². The molecule has 9 nitrogen and oxygen atoms in total. The van der Waals surface area contributed by atoms with Gasteiger partial charge in [0.2, 0.25) is 0 Å². The highest BCUT2D eigenvalue weighted by atomic mass is 16.5. The van der Waals surface area contributed by atoms with E-state index in [0.717, 1.165) is 54.9 Å². The molecule has 9 heteroatoms. The first-order valence-corrected chi connectivity index (χ1v) is 15.7. The van der Waals surface area contributed by atoms with Gasteiger partial charge >= 0.3 is 0 Å². The zero-order chi connectivity index (χ0) is 32.9. The quantitative estimate of drug-likeness (QED) is 0.176. The minimum atomic E-state index is -0.266. The summed E-state index contributed by atoms with van der Waals surface area (Å²) >= 11 is 0. The Kier molecular flexibility index (Phi) is 9.45. The molecule has 4 heterocycles. The van der Waals surface area contributed by atoms with Crippen LogP contribution in [0.4, 0.5) is 5.82 Å². The molecule has 0 radical (unpaired) electrons. The van der Waals surface area contributed by atoms with Crippen molar-refractivity contribution in [2.75, 3.05) is 33.2 Å². The van der Waals surface area contributed by atoms with Crippen molar-refractivity contribution >= 4 is 11.6 Å². The van der Waals surface area contributed by atoms with E-state index in [4.69, 9.17) is 19.9 Å². The van der Waals surface area contributed by atoms with Crippen molar-refractivity contribution in [1.82, 2.24) is 14.5 Å². The third-order valence-electron chi connectivity index (χ3n) is 8.65. The van der Waals surface area contributed by atoms with Crippen molar-refractivity contribution < 1.29 is 19.0 Å². The van der Waals surface area contributed by atoms with E-state index in [1.54, 1.807) is 32.8 Å². The van der Waals surface area contributed by atoms with E-state index in [2.05, 4.69) is 9.97 Å². The predicted molar refractivity (Wildman–Crippen MR) is 183 cm³/mol. The molecule has 0 aliphatic carbocycles. The summed E-state index contributed by atoms with van der Waals surface area (Å²) in [5.41, 5.74) is 12.3. The van der Waals surface area contributed by atoms with Crippen molar-refractivity contribution in [3.8, 4) is 45.0 Å². The highest BCUT2D eigenvalue weighted by molar-refractivity contribution is 5.98. The summed E-state index contributed by atoms with van der Waals surface area (Å²) in [6.45, 7) is 4.18. The summed E-state index contributed by atoms with van der Waals surface area (Å²) in [6, 6.07) is 19.0. The second kappa shape index (κ2) is 14.0. The first-order chi connectivity index (χ1) is 22.8. The molecule has 0 amide bonds. The topological polar surface area (TPSA) is 119 Å². The van der Waals surface area contributed by atoms with Crippen molar-refractivity contribution in [2.24, 2.45) is 5.92 Å². The molecule has 0 spiro atoms. The Morgan fingerprint density at radius 1 is 0.872 bits per heavy atom. The maximum atomic E-state index is 13.7. The number of pyridine rings is 3. The molecule has 1 aliphatic rings. The molecule has 5 aromatic rings. The van der Waals surface area contributed by atoms with E-state index >= 15 is 0 Å². The largest absolute Gasteiger partial charge is 0.493 e. The van der Waals surface area contributed by atoms with Crippen molar-refractivity contribution in [1.29, 1.82) is 0 Å². The van der Waals surface area contributed by atoms with Gasteiger partial charge in [-0.2, -0.15) is 0 Å². The van der Waals surface area contributed by atoms with E-state index in [-0.39, 0.29) is 23.2 Å². The van der Waals surface area contributed by atoms with Crippen molar-refractivity contribution in [2.45, 2.75) is 32.7 Å². The zero-order valence-electron chi connectivity index (χ0n) is 26.9. The number of nitrogens with two attached hydrogens (primary N) is 1. The number of carbonyl (C=O) groups excluding carboxylic acids is 1. The lowest BCUT2D eigenvalue weighted by Crippen LogP contribution is -2.25. The molecule has 6 rings (SSSR count). The molecule has 1 fully saturated rings. The predicted octanol–water partition coefficient (Wildman–Crippen LogP) is 6.40. The van der Waals surface area contributed by atoms with E-state index in [9.17, 15) is 9.59 Å². The molecular formula is C38H38N4O5. The lowest BCUT2D eigenvalue weighted by molar-refractivity contribution is 0.0612. The molecule has 0 atom stereocenters. The lowest BCUT2D eigenvalue weighted by Gasteiger charge is -2.23. The number of hydrogen-bond donors (Lipinski definition) is 1. The fourth-order valence-electron chi connectivity index (χ4n) is 5.92. The number of carbonyl (C=O) groups is 1. The summed E-state index contributed by atoms with van der Waals surface area (Å²) in [5.74, 6) is 1.74. The SMILES string of the molecule is COc1ccc(-c2cnc(N)c(-c3ccc(CC(=O)c4cn(CC5CCOCC5)cc(-c5ccc(C)cc5)c4=O)cn3)c2)cc1OC. The maximum absolute atomic E-state index is 13.7. The van der Waals surface area contributed by atoms with Gasteiger partial charge in [0.05, 0.1) is 25.5 Å². The number of aryl methyl sites for hydroxylation is 1. The van der Waals surface area contributed by atoms with E-state index in [1.165, 1.54) is 0 Å². The summed E-state index contributed by atoms with van der Waals surface area (Å²) in [5, 5.41) is 0. The average Bonchev–Trinajstić information content (AvgIpc) is 3.10. The van der Waals surface area contributed by atoms with Crippen LogP contribution in [-0.4, -0.2) is 47.8 Å². The van der Waals surface area contributed by atoms with E-state index < -0.39 is 0 Å². The van der Waals surface area contributed by atoms with Crippen LogP contribution in [-0.2, 0) is 17.7 Å². The Morgan fingerprint density at radius 2 is 1.62 bits per heavy atom. The third kappa shape index (κ3) is 7.10. The summed E-state index contributed by atoms with van der Waals surface area (Å²) in [4.78, 5) is 36.5. The van der Waals surface area contributed by atoms with Gasteiger partial charge < -0.3 is 24.5 Å². The number of ketones is 1. The fraction of sp³-hybridized carbons (Fsp3) is 0.263. The number of methoxy groups -OCH3 is 2. The lowest BCUT2D eigenvalue weighted by atomic mass is 9.97. The Bertz CT molecular complexity index is 1950. The van der Waals surface area contributed by atoms with Crippen LogP contribution >= 0.6 is 0 Å². The number of ether oxygens (including phenoxy) is 3. The summed E-state index contributed by atoms with van der Waals surface area (Å²) in [6.07, 6.45) is 8.88. The minimum absolute atomic E-state index is 0.0382. The minimum Gasteiger partial charge on any atom is -0.493 e. The van der Waals surface area contributed by atoms with Crippen LogP contribution in [0.2, 0.25) is 0 Å². The van der Waals surface area contributed by atoms with Gasteiger partial charge in [0.1, 0.15) is 5.82 Å². The number of rotatable bonds is 10. The third-order valence-corrected chi connectivity index (χ3v) is 8.65. The highest BCUT2D eigenvalue weighted by Gasteiger charge is 2.20. The van der Waals surface area contributed by atoms with Crippen LogP contribution in [0.1, 0.15) is 34.3 Å². The van der Waals surface area contributed by atoms with Crippen molar-refractivity contribution in [3.05, 3.63) is 112 Å². The number of benzene rings is 2. The molecule has 2 aromatic carbocycles. The molecule has 1 saturated heterocycles. The molecule has 0 bridgehead atoms. The molecule has 3 aromatic heterocycles. The van der Waals surface area contributed by atoms with E-state index in [1.807, 2.05) is 78.4 Å². The van der Waals surface area contributed by atoms with Crippen LogP contribution in [0, 0.1) is 12.8 Å². The number of nitrogens with zero attached hydrogens (tertiary/aromatic N) is 3. The molecule has 47 heavy (non-hydrogen) atoms. The second-order valence-corrected chi connectivity index (χ2v) is 11.9. The monoisotopic (exact) mass is 630 g/mol. The Hall–Kier alpha value is -5.28. The highest BCUT2D eigenvalue weighted by Crippen LogP contribution is 2.34. The molecular weight excluding hydrogens is 592 g/mol. The summed E-state index contributed by atoms with van der Waals surface area (Å²) < 4.78 is 18.4.